The van der Waals surface area contributed by atoms with Crippen LogP contribution in [0.1, 0.15) is 33.4 Å². The number of aliphatic carboxylic acids is 1. The zero-order chi connectivity index (χ0) is 21.9. The number of amides is 1. The molecule has 0 saturated carbocycles. The van der Waals surface area contributed by atoms with Crippen LogP contribution in [0.5, 0.6) is 0 Å². The van der Waals surface area contributed by atoms with Crippen LogP contribution in [0.15, 0.2) is 26.4 Å². The number of rotatable bonds is 5. The number of carboxylic acid groups (broad SMARTS) is 1. The van der Waals surface area contributed by atoms with E-state index in [-0.39, 0.29) is 29.6 Å². The smallest absolute Gasteiger partial charge is 0.353 e. The minimum atomic E-state index is -1.13. The van der Waals surface area contributed by atoms with Gasteiger partial charge in [-0.3, -0.25) is 10.2 Å². The Labute approximate surface area is 182 Å². The summed E-state index contributed by atoms with van der Waals surface area (Å²) in [5.41, 5.74) is 1.91. The van der Waals surface area contributed by atoms with Crippen LogP contribution < -0.4 is 0 Å². The molecule has 3 aliphatic rings. The molecule has 0 spiro atoms. The summed E-state index contributed by atoms with van der Waals surface area (Å²) >= 11 is 2.73. The summed E-state index contributed by atoms with van der Waals surface area (Å²) in [5, 5.41) is 29.6. The van der Waals surface area contributed by atoms with Gasteiger partial charge in [0.1, 0.15) is 5.70 Å². The van der Waals surface area contributed by atoms with Crippen molar-refractivity contribution in [2.75, 3.05) is 6.54 Å². The van der Waals surface area contributed by atoms with E-state index in [9.17, 15) is 19.8 Å². The normalized spacial score (nSPS) is 29.1. The molecule has 0 radical (unpaired) electrons. The third-order valence-corrected chi connectivity index (χ3v) is 8.37. The van der Waals surface area contributed by atoms with E-state index in [0.29, 0.717) is 21.6 Å². The van der Waals surface area contributed by atoms with E-state index < -0.39 is 18.0 Å². The van der Waals surface area contributed by atoms with E-state index in [4.69, 9.17) is 10.4 Å². The summed E-state index contributed by atoms with van der Waals surface area (Å²) in [7, 11) is 0. The highest BCUT2D eigenvalue weighted by molar-refractivity contribution is 8.04. The van der Waals surface area contributed by atoms with Crippen molar-refractivity contribution >= 4 is 46.4 Å². The van der Waals surface area contributed by atoms with Crippen molar-refractivity contribution in [3.63, 3.8) is 0 Å². The van der Waals surface area contributed by atoms with Gasteiger partial charge in [-0.15, -0.1) is 11.3 Å². The van der Waals surface area contributed by atoms with E-state index in [1.807, 2.05) is 24.1 Å². The van der Waals surface area contributed by atoms with Crippen molar-refractivity contribution in [2.45, 2.75) is 50.2 Å². The Morgan fingerprint density at radius 2 is 2.13 bits per heavy atom. The number of aromatic nitrogens is 1. The first-order chi connectivity index (χ1) is 14.1. The van der Waals surface area contributed by atoms with E-state index in [2.05, 4.69) is 6.08 Å². The highest BCUT2D eigenvalue weighted by atomic mass is 32.2. The van der Waals surface area contributed by atoms with Crippen LogP contribution in [0.4, 0.5) is 0 Å². The molecule has 4 rings (SSSR count). The summed E-state index contributed by atoms with van der Waals surface area (Å²) in [6.45, 7) is 7.96. The SMILES string of the molecule is CC(=N)N1CC=C(c2csc(SC3=C(C(=O)O)N4C(=O)[C@H]([C@@H](C)O)[C@H]4[C@H]3C)n2)[C@@H]1C. The van der Waals surface area contributed by atoms with Crippen LogP contribution in [0.3, 0.4) is 0 Å². The molecule has 3 aliphatic heterocycles. The number of nitrogens with zero attached hydrogens (tertiary/aromatic N) is 3. The molecule has 3 N–H and O–H groups in total. The topological polar surface area (TPSA) is 118 Å². The second-order valence-corrected chi connectivity index (χ2v) is 10.1. The number of fused-ring (bicyclic) bond motifs is 1. The molecule has 8 nitrogen and oxygen atoms in total. The number of carbonyl (C=O) groups is 2. The van der Waals surface area contributed by atoms with Crippen molar-refractivity contribution < 1.29 is 19.8 Å². The molecule has 4 heterocycles. The van der Waals surface area contributed by atoms with Crippen LogP contribution in [0.25, 0.3) is 5.57 Å². The molecule has 0 aliphatic carbocycles. The number of hydrogen-bond donors (Lipinski definition) is 3. The summed E-state index contributed by atoms with van der Waals surface area (Å²) in [6, 6.07) is -0.264. The number of thioether (sulfide) groups is 1. The summed E-state index contributed by atoms with van der Waals surface area (Å²) in [5.74, 6) is -1.71. The molecule has 1 aromatic rings. The maximum atomic E-state index is 12.5. The number of nitrogens with one attached hydrogen (secondary N) is 1. The first kappa shape index (κ1) is 21.1. The predicted octanol–water partition coefficient (Wildman–Crippen LogP) is 2.47. The summed E-state index contributed by atoms with van der Waals surface area (Å²) in [4.78, 5) is 33.0. The van der Waals surface area contributed by atoms with Gasteiger partial charge in [0.2, 0.25) is 5.91 Å². The fourth-order valence-corrected chi connectivity index (χ4v) is 6.73. The van der Waals surface area contributed by atoms with Crippen molar-refractivity contribution in [1.82, 2.24) is 14.8 Å². The number of thiazole rings is 1. The molecule has 0 bridgehead atoms. The van der Waals surface area contributed by atoms with Crippen LogP contribution in [0.2, 0.25) is 0 Å². The molecule has 160 valence electrons. The van der Waals surface area contributed by atoms with E-state index in [1.54, 1.807) is 13.8 Å². The zero-order valence-corrected chi connectivity index (χ0v) is 18.8. The Bertz CT molecular complexity index is 999. The lowest BCUT2D eigenvalue weighted by molar-refractivity contribution is -0.163. The second-order valence-electron chi connectivity index (χ2n) is 7.95. The van der Waals surface area contributed by atoms with Gasteiger partial charge in [-0.2, -0.15) is 0 Å². The third-order valence-electron chi connectivity index (χ3n) is 6.14. The Balaban J connectivity index is 1.59. The second kappa shape index (κ2) is 7.51. The van der Waals surface area contributed by atoms with Gasteiger partial charge in [0, 0.05) is 22.7 Å². The number of aliphatic hydroxyl groups excluding tert-OH is 1. The first-order valence-electron chi connectivity index (χ1n) is 9.77. The van der Waals surface area contributed by atoms with E-state index >= 15 is 0 Å². The average Bonchev–Trinajstić information content (AvgIpc) is 3.32. The molecule has 0 aromatic carbocycles. The van der Waals surface area contributed by atoms with Crippen LogP contribution in [-0.4, -0.2) is 67.4 Å². The van der Waals surface area contributed by atoms with Crippen molar-refractivity contribution in [1.29, 1.82) is 5.41 Å². The minimum absolute atomic E-state index is 0.00945. The van der Waals surface area contributed by atoms with Crippen molar-refractivity contribution in [3.05, 3.63) is 27.8 Å². The lowest BCUT2D eigenvalue weighted by Crippen LogP contribution is -2.63. The fraction of sp³-hybridized carbons (Fsp3) is 0.500. The Morgan fingerprint density at radius 3 is 2.70 bits per heavy atom. The average molecular weight is 449 g/mol. The molecule has 1 amide bonds. The highest BCUT2D eigenvalue weighted by Crippen LogP contribution is 2.52. The number of carbonyl (C=O) groups excluding carboxylic acids is 1. The molecule has 10 heteroatoms. The molecule has 0 unspecified atom stereocenters. The molecule has 30 heavy (non-hydrogen) atoms. The molecule has 1 aromatic heterocycles. The van der Waals surface area contributed by atoms with Crippen LogP contribution >= 0.6 is 23.1 Å². The van der Waals surface area contributed by atoms with Crippen molar-refractivity contribution in [3.8, 4) is 0 Å². The first-order valence-corrected chi connectivity index (χ1v) is 11.5. The summed E-state index contributed by atoms with van der Waals surface area (Å²) < 4.78 is 0.715. The largest absolute Gasteiger partial charge is 0.477 e. The van der Waals surface area contributed by atoms with Gasteiger partial charge in [0.15, 0.2) is 4.34 Å². The number of aliphatic hydroxyl groups is 1. The number of carboxylic acids is 1. The minimum Gasteiger partial charge on any atom is -0.477 e. The van der Waals surface area contributed by atoms with Gasteiger partial charge in [0.25, 0.3) is 0 Å². The fourth-order valence-electron chi connectivity index (χ4n) is 4.63. The molecule has 1 saturated heterocycles. The lowest BCUT2D eigenvalue weighted by atomic mass is 9.79. The number of amidine groups is 1. The summed E-state index contributed by atoms with van der Waals surface area (Å²) in [6.07, 6.45) is 1.26. The van der Waals surface area contributed by atoms with Crippen molar-refractivity contribution in [2.24, 2.45) is 11.8 Å². The Kier molecular flexibility index (Phi) is 5.27. The Hall–Kier alpha value is -2.17. The van der Waals surface area contributed by atoms with Gasteiger partial charge < -0.3 is 20.0 Å². The molecule has 5 atom stereocenters. The lowest BCUT2D eigenvalue weighted by Gasteiger charge is -2.46. The highest BCUT2D eigenvalue weighted by Gasteiger charge is 2.60. The number of β-lactam (4-membered cyclic amide) rings is 1. The molecular formula is C20H24N4O4S2. The standard InChI is InChI=1S/C20H24N4O4S2/c1-8-15-14(10(3)25)18(26)24(15)16(19(27)28)17(8)30-20-22-13(7-29-20)12-5-6-23(9(12)2)11(4)21/h5,7-10,14-15,21,25H,6H2,1-4H3,(H,27,28)/t8-,9+,10-,14-,15-/m1/s1. The molecule has 1 fully saturated rings. The molecular weight excluding hydrogens is 424 g/mol. The quantitative estimate of drug-likeness (QED) is 0.360. The zero-order valence-electron chi connectivity index (χ0n) is 17.1. The Morgan fingerprint density at radius 1 is 1.43 bits per heavy atom. The van der Waals surface area contributed by atoms with E-state index in [1.165, 1.54) is 28.0 Å². The van der Waals surface area contributed by atoms with Crippen LogP contribution in [0, 0.1) is 17.2 Å². The number of hydrogen-bond acceptors (Lipinski definition) is 7. The van der Waals surface area contributed by atoms with Gasteiger partial charge >= 0.3 is 5.97 Å². The third kappa shape index (κ3) is 3.09. The van der Waals surface area contributed by atoms with Crippen LogP contribution in [-0.2, 0) is 9.59 Å². The predicted molar refractivity (Wildman–Crippen MR) is 115 cm³/mol. The van der Waals surface area contributed by atoms with Gasteiger partial charge in [-0.1, -0.05) is 24.8 Å². The monoisotopic (exact) mass is 448 g/mol. The van der Waals surface area contributed by atoms with Gasteiger partial charge in [-0.05, 0) is 26.3 Å². The maximum absolute atomic E-state index is 12.5. The maximum Gasteiger partial charge on any atom is 0.353 e. The van der Waals surface area contributed by atoms with E-state index in [0.717, 1.165) is 11.3 Å². The van der Waals surface area contributed by atoms with Gasteiger partial charge in [-0.25, -0.2) is 9.78 Å². The van der Waals surface area contributed by atoms with Gasteiger partial charge in [0.05, 0.1) is 35.6 Å².